The van der Waals surface area contributed by atoms with Crippen molar-refractivity contribution >= 4 is 17.3 Å². The summed E-state index contributed by atoms with van der Waals surface area (Å²) < 4.78 is 5.22. The van der Waals surface area contributed by atoms with Crippen LogP contribution in [0.15, 0.2) is 34.7 Å². The number of phenolic OH excluding ortho intramolecular Hbond substituents is 1. The molecule has 2 aromatic rings. The molecule has 2 rings (SSSR count). The molecule has 2 N–H and O–H groups in total. The van der Waals surface area contributed by atoms with Crippen LogP contribution in [0.25, 0.3) is 0 Å². The number of phenols is 1. The lowest BCUT2D eigenvalue weighted by molar-refractivity contribution is 0.475. The van der Waals surface area contributed by atoms with E-state index in [1.807, 2.05) is 19.1 Å². The van der Waals surface area contributed by atoms with E-state index in [0.717, 1.165) is 17.0 Å². The summed E-state index contributed by atoms with van der Waals surface area (Å²) in [5.74, 6) is 1.04. The van der Waals surface area contributed by atoms with Crippen LogP contribution in [0.1, 0.15) is 11.3 Å². The average Bonchev–Trinajstić information content (AvgIpc) is 2.63. The number of benzene rings is 1. The van der Waals surface area contributed by atoms with Crippen LogP contribution in [0.5, 0.6) is 5.75 Å². The van der Waals surface area contributed by atoms with Gasteiger partial charge in [0, 0.05) is 5.69 Å². The molecule has 0 saturated carbocycles. The average molecular weight is 238 g/mol. The lowest BCUT2D eigenvalue weighted by Crippen LogP contribution is -1.99. The molecule has 0 fully saturated rings. The Balaban J connectivity index is 2.04. The van der Waals surface area contributed by atoms with Crippen molar-refractivity contribution in [1.82, 2.24) is 0 Å². The van der Waals surface area contributed by atoms with E-state index in [1.54, 1.807) is 18.2 Å². The van der Waals surface area contributed by atoms with Crippen molar-refractivity contribution in [1.29, 1.82) is 0 Å². The highest BCUT2D eigenvalue weighted by Gasteiger charge is 2.02. The molecule has 0 atom stereocenters. The van der Waals surface area contributed by atoms with Crippen LogP contribution >= 0.6 is 11.6 Å². The highest BCUT2D eigenvalue weighted by atomic mass is 35.5. The third-order valence-corrected chi connectivity index (χ3v) is 2.50. The summed E-state index contributed by atoms with van der Waals surface area (Å²) in [6.45, 7) is 2.50. The Labute approximate surface area is 98.7 Å². The zero-order valence-electron chi connectivity index (χ0n) is 8.83. The van der Waals surface area contributed by atoms with Crippen LogP contribution in [0.3, 0.4) is 0 Å². The summed E-state index contributed by atoms with van der Waals surface area (Å²) in [7, 11) is 0. The quantitative estimate of drug-likeness (QED) is 0.803. The van der Waals surface area contributed by atoms with Gasteiger partial charge in [0.15, 0.2) is 5.22 Å². The zero-order valence-corrected chi connectivity index (χ0v) is 9.58. The fourth-order valence-corrected chi connectivity index (χ4v) is 1.64. The number of hydrogen-bond acceptors (Lipinski definition) is 3. The number of furan rings is 1. The van der Waals surface area contributed by atoms with E-state index in [-0.39, 0.29) is 5.75 Å². The van der Waals surface area contributed by atoms with E-state index in [2.05, 4.69) is 5.32 Å². The molecule has 0 aliphatic carbocycles. The summed E-state index contributed by atoms with van der Waals surface area (Å²) >= 11 is 5.67. The maximum Gasteiger partial charge on any atom is 0.193 e. The maximum atomic E-state index is 9.26. The number of aryl methyl sites for hydroxylation is 1. The number of rotatable bonds is 3. The van der Waals surface area contributed by atoms with Gasteiger partial charge in [-0.3, -0.25) is 0 Å². The Hall–Kier alpha value is -1.61. The third-order valence-electron chi connectivity index (χ3n) is 2.29. The van der Waals surface area contributed by atoms with Crippen molar-refractivity contribution < 1.29 is 9.52 Å². The van der Waals surface area contributed by atoms with E-state index < -0.39 is 0 Å². The van der Waals surface area contributed by atoms with Gasteiger partial charge in [-0.2, -0.15) is 0 Å². The first-order valence-corrected chi connectivity index (χ1v) is 5.30. The minimum atomic E-state index is 0.268. The molecule has 4 heteroatoms. The SMILES string of the molecule is Cc1cc(O)ccc1NCc1ccc(Cl)o1. The minimum Gasteiger partial charge on any atom is -0.508 e. The molecular formula is C12H12ClNO2. The van der Waals surface area contributed by atoms with Crippen molar-refractivity contribution in [2.24, 2.45) is 0 Å². The fourth-order valence-electron chi connectivity index (χ4n) is 1.48. The number of halogens is 1. The summed E-state index contributed by atoms with van der Waals surface area (Å²) in [5.41, 5.74) is 1.95. The van der Waals surface area contributed by atoms with E-state index >= 15 is 0 Å². The highest BCUT2D eigenvalue weighted by Crippen LogP contribution is 2.21. The van der Waals surface area contributed by atoms with Crippen LogP contribution in [0.2, 0.25) is 5.22 Å². The molecule has 3 nitrogen and oxygen atoms in total. The molecule has 0 bridgehead atoms. The summed E-state index contributed by atoms with van der Waals surface area (Å²) in [6.07, 6.45) is 0. The van der Waals surface area contributed by atoms with Crippen molar-refractivity contribution in [3.63, 3.8) is 0 Å². The van der Waals surface area contributed by atoms with Gasteiger partial charge in [0.05, 0.1) is 6.54 Å². The predicted molar refractivity (Wildman–Crippen MR) is 63.9 cm³/mol. The van der Waals surface area contributed by atoms with Gasteiger partial charge in [-0.15, -0.1) is 0 Å². The van der Waals surface area contributed by atoms with Crippen LogP contribution in [-0.2, 0) is 6.54 Å². The standard InChI is InChI=1S/C12H12ClNO2/c1-8-6-9(15)2-4-11(8)14-7-10-3-5-12(13)16-10/h2-6,14-15H,7H2,1H3. The van der Waals surface area contributed by atoms with Gasteiger partial charge in [0.1, 0.15) is 11.5 Å². The molecule has 0 aliphatic heterocycles. The normalized spacial score (nSPS) is 10.4. The third kappa shape index (κ3) is 2.49. The molecule has 0 spiro atoms. The van der Waals surface area contributed by atoms with Crippen molar-refractivity contribution in [2.45, 2.75) is 13.5 Å². The largest absolute Gasteiger partial charge is 0.508 e. The molecule has 0 amide bonds. The molecule has 0 aliphatic rings. The van der Waals surface area contributed by atoms with Crippen LogP contribution in [-0.4, -0.2) is 5.11 Å². The van der Waals surface area contributed by atoms with Crippen LogP contribution in [0, 0.1) is 6.92 Å². The first-order valence-electron chi connectivity index (χ1n) is 4.93. The first-order chi connectivity index (χ1) is 7.65. The summed E-state index contributed by atoms with van der Waals surface area (Å²) in [5, 5.41) is 12.9. The van der Waals surface area contributed by atoms with E-state index in [0.29, 0.717) is 11.8 Å². The van der Waals surface area contributed by atoms with Gasteiger partial charge >= 0.3 is 0 Å². The van der Waals surface area contributed by atoms with Crippen molar-refractivity contribution in [2.75, 3.05) is 5.32 Å². The lowest BCUT2D eigenvalue weighted by Gasteiger charge is -2.08. The Morgan fingerprint density at radius 1 is 1.31 bits per heavy atom. The molecule has 0 unspecified atom stereocenters. The molecule has 0 saturated heterocycles. The number of aromatic hydroxyl groups is 1. The maximum absolute atomic E-state index is 9.26. The van der Waals surface area contributed by atoms with Crippen LogP contribution < -0.4 is 5.32 Å². The molecule has 84 valence electrons. The number of anilines is 1. The van der Waals surface area contributed by atoms with Gasteiger partial charge in [-0.25, -0.2) is 0 Å². The fraction of sp³-hybridized carbons (Fsp3) is 0.167. The van der Waals surface area contributed by atoms with Crippen LogP contribution in [0.4, 0.5) is 5.69 Å². The minimum absolute atomic E-state index is 0.268. The van der Waals surface area contributed by atoms with Gasteiger partial charge in [0.25, 0.3) is 0 Å². The van der Waals surface area contributed by atoms with E-state index in [1.165, 1.54) is 0 Å². The van der Waals surface area contributed by atoms with Gasteiger partial charge < -0.3 is 14.8 Å². The summed E-state index contributed by atoms with van der Waals surface area (Å²) in [4.78, 5) is 0. The van der Waals surface area contributed by atoms with Crippen molar-refractivity contribution in [3.05, 3.63) is 46.9 Å². The second-order valence-corrected chi connectivity index (χ2v) is 3.93. The Morgan fingerprint density at radius 2 is 2.12 bits per heavy atom. The van der Waals surface area contributed by atoms with Gasteiger partial charge in [-0.05, 0) is 54.4 Å². The van der Waals surface area contributed by atoms with E-state index in [9.17, 15) is 5.11 Å². The van der Waals surface area contributed by atoms with E-state index in [4.69, 9.17) is 16.0 Å². The molecular weight excluding hydrogens is 226 g/mol. The Kier molecular flexibility index (Phi) is 3.06. The molecule has 1 heterocycles. The topological polar surface area (TPSA) is 45.4 Å². The predicted octanol–water partition coefficient (Wildman–Crippen LogP) is 3.56. The molecule has 1 aromatic carbocycles. The molecule has 16 heavy (non-hydrogen) atoms. The number of nitrogens with one attached hydrogen (secondary N) is 1. The lowest BCUT2D eigenvalue weighted by atomic mass is 10.2. The second-order valence-electron chi connectivity index (χ2n) is 3.56. The first kappa shape index (κ1) is 10.9. The Bertz CT molecular complexity index is 494. The highest BCUT2D eigenvalue weighted by molar-refractivity contribution is 6.28. The van der Waals surface area contributed by atoms with Crippen molar-refractivity contribution in [3.8, 4) is 5.75 Å². The Morgan fingerprint density at radius 3 is 2.75 bits per heavy atom. The summed E-state index contributed by atoms with van der Waals surface area (Å²) in [6, 6.07) is 8.71. The van der Waals surface area contributed by atoms with Gasteiger partial charge in [0.2, 0.25) is 0 Å². The van der Waals surface area contributed by atoms with Gasteiger partial charge in [-0.1, -0.05) is 0 Å². The second kappa shape index (κ2) is 4.49. The zero-order chi connectivity index (χ0) is 11.5. The molecule has 1 aromatic heterocycles. The molecule has 0 radical (unpaired) electrons. The number of hydrogen-bond donors (Lipinski definition) is 2. The smallest absolute Gasteiger partial charge is 0.193 e. The monoisotopic (exact) mass is 237 g/mol.